The molecule has 134 valence electrons. The lowest BCUT2D eigenvalue weighted by Crippen LogP contribution is -2.55. The van der Waals surface area contributed by atoms with Gasteiger partial charge in [-0.1, -0.05) is 34.1 Å². The molecule has 0 aromatic rings. The summed E-state index contributed by atoms with van der Waals surface area (Å²) in [6, 6.07) is -1.81. The van der Waals surface area contributed by atoms with E-state index < -0.39 is 28.9 Å². The van der Waals surface area contributed by atoms with Gasteiger partial charge in [0, 0.05) is 11.0 Å². The third kappa shape index (κ3) is 6.99. The van der Waals surface area contributed by atoms with Crippen molar-refractivity contribution < 1.29 is 19.6 Å². The first-order valence-corrected chi connectivity index (χ1v) is 8.01. The largest absolute Gasteiger partial charge is 0.350 e. The average Bonchev–Trinajstić information content (AvgIpc) is 2.40. The molecule has 7 nitrogen and oxygen atoms in total. The molecular weight excluding hydrogens is 298 g/mol. The number of imide groups is 1. The third-order valence-electron chi connectivity index (χ3n) is 3.36. The van der Waals surface area contributed by atoms with Crippen LogP contribution in [0.5, 0.6) is 0 Å². The normalized spacial score (nSPS) is 13.2. The lowest BCUT2D eigenvalue weighted by molar-refractivity contribution is -0.163. The number of amides is 4. The van der Waals surface area contributed by atoms with E-state index in [1.165, 1.54) is 0 Å². The average molecular weight is 329 g/mol. The van der Waals surface area contributed by atoms with Gasteiger partial charge in [-0.05, 0) is 33.6 Å². The van der Waals surface area contributed by atoms with Crippen molar-refractivity contribution in [3.8, 4) is 0 Å². The van der Waals surface area contributed by atoms with Crippen LogP contribution in [0, 0.1) is 5.41 Å². The monoisotopic (exact) mass is 329 g/mol. The fourth-order valence-corrected chi connectivity index (χ4v) is 2.13. The topological polar surface area (TPSA) is 98.7 Å². The summed E-state index contributed by atoms with van der Waals surface area (Å²) < 4.78 is 0. The molecule has 0 aliphatic rings. The van der Waals surface area contributed by atoms with Crippen molar-refractivity contribution in [2.24, 2.45) is 5.41 Å². The zero-order valence-electron chi connectivity index (χ0n) is 15.3. The Morgan fingerprint density at radius 3 is 2.00 bits per heavy atom. The maximum atomic E-state index is 12.2. The van der Waals surface area contributed by atoms with Crippen LogP contribution in [0.4, 0.5) is 4.79 Å². The first kappa shape index (κ1) is 21.4. The van der Waals surface area contributed by atoms with E-state index in [-0.39, 0.29) is 11.0 Å². The summed E-state index contributed by atoms with van der Waals surface area (Å²) in [6.07, 6.45) is 1.63. The molecule has 7 heteroatoms. The van der Waals surface area contributed by atoms with E-state index in [1.54, 1.807) is 20.8 Å². The molecule has 0 saturated heterocycles. The Morgan fingerprint density at radius 1 is 1.09 bits per heavy atom. The van der Waals surface area contributed by atoms with Gasteiger partial charge in [0.1, 0.15) is 6.04 Å². The van der Waals surface area contributed by atoms with Gasteiger partial charge in [0.25, 0.3) is 5.91 Å². The van der Waals surface area contributed by atoms with E-state index in [2.05, 4.69) is 10.6 Å². The number of rotatable bonds is 6. The SMILES string of the molecule is CCCC(C)(C)C(=O)N(O)C(=O)NC(CC)C(=O)NC(C)(C)C. The molecule has 0 bridgehead atoms. The molecule has 1 unspecified atom stereocenters. The number of hydrogen-bond donors (Lipinski definition) is 3. The Bertz CT molecular complexity index is 441. The zero-order valence-corrected chi connectivity index (χ0v) is 15.3. The van der Waals surface area contributed by atoms with Crippen molar-refractivity contribution >= 4 is 17.8 Å². The zero-order chi connectivity index (χ0) is 18.4. The van der Waals surface area contributed by atoms with E-state index in [4.69, 9.17) is 0 Å². The van der Waals surface area contributed by atoms with Gasteiger partial charge in [-0.25, -0.2) is 4.79 Å². The van der Waals surface area contributed by atoms with Crippen molar-refractivity contribution in [3.05, 3.63) is 0 Å². The summed E-state index contributed by atoms with van der Waals surface area (Å²) >= 11 is 0. The van der Waals surface area contributed by atoms with Crippen LogP contribution < -0.4 is 10.6 Å². The highest BCUT2D eigenvalue weighted by Gasteiger charge is 2.35. The predicted octanol–water partition coefficient (Wildman–Crippen LogP) is 2.43. The summed E-state index contributed by atoms with van der Waals surface area (Å²) in [6.45, 7) is 12.5. The fraction of sp³-hybridized carbons (Fsp3) is 0.812. The highest BCUT2D eigenvalue weighted by molar-refractivity contribution is 5.97. The van der Waals surface area contributed by atoms with Crippen LogP contribution in [0.25, 0.3) is 0 Å². The predicted molar refractivity (Wildman–Crippen MR) is 87.8 cm³/mol. The van der Waals surface area contributed by atoms with Crippen molar-refractivity contribution in [3.63, 3.8) is 0 Å². The van der Waals surface area contributed by atoms with E-state index in [9.17, 15) is 19.6 Å². The van der Waals surface area contributed by atoms with Crippen LogP contribution in [-0.4, -0.2) is 39.7 Å². The summed E-state index contributed by atoms with van der Waals surface area (Å²) in [4.78, 5) is 36.3. The van der Waals surface area contributed by atoms with Crippen LogP contribution in [0.3, 0.4) is 0 Å². The molecule has 0 saturated carbocycles. The Morgan fingerprint density at radius 2 is 1.61 bits per heavy atom. The number of urea groups is 1. The smallest absolute Gasteiger partial charge is 0.349 e. The number of nitrogens with zero attached hydrogens (tertiary/aromatic N) is 1. The molecule has 23 heavy (non-hydrogen) atoms. The van der Waals surface area contributed by atoms with Crippen molar-refractivity contribution in [2.75, 3.05) is 0 Å². The second kappa shape index (κ2) is 8.29. The van der Waals surface area contributed by atoms with Gasteiger partial charge in [0.05, 0.1) is 0 Å². The molecule has 0 aromatic carbocycles. The van der Waals surface area contributed by atoms with Crippen molar-refractivity contribution in [1.82, 2.24) is 15.7 Å². The molecule has 0 aliphatic heterocycles. The van der Waals surface area contributed by atoms with Crippen LogP contribution in [0.2, 0.25) is 0 Å². The summed E-state index contributed by atoms with van der Waals surface area (Å²) in [5.74, 6) is -1.05. The number of carbonyl (C=O) groups excluding carboxylic acids is 3. The molecule has 0 heterocycles. The van der Waals surface area contributed by atoms with E-state index in [1.807, 2.05) is 27.7 Å². The summed E-state index contributed by atoms with van der Waals surface area (Å²) in [5, 5.41) is 15.1. The Balaban J connectivity index is 4.89. The van der Waals surface area contributed by atoms with Crippen LogP contribution in [-0.2, 0) is 9.59 Å². The highest BCUT2D eigenvalue weighted by atomic mass is 16.5. The van der Waals surface area contributed by atoms with Crippen molar-refractivity contribution in [1.29, 1.82) is 0 Å². The quantitative estimate of drug-likeness (QED) is 0.515. The van der Waals surface area contributed by atoms with Gasteiger partial charge in [0.15, 0.2) is 0 Å². The molecule has 1 atom stereocenters. The summed E-state index contributed by atoms with van der Waals surface area (Å²) in [7, 11) is 0. The van der Waals surface area contributed by atoms with Crippen LogP contribution in [0.15, 0.2) is 0 Å². The van der Waals surface area contributed by atoms with Gasteiger partial charge < -0.3 is 10.6 Å². The standard InChI is InChI=1S/C16H31N3O4/c1-8-10-16(6,7)13(21)19(23)14(22)17-11(9-2)12(20)18-15(3,4)5/h11,23H,8-10H2,1-7H3,(H,17,22)(H,18,20). The molecule has 0 radical (unpaired) electrons. The molecule has 0 aliphatic carbocycles. The van der Waals surface area contributed by atoms with E-state index >= 15 is 0 Å². The van der Waals surface area contributed by atoms with E-state index in [0.29, 0.717) is 12.8 Å². The minimum atomic E-state index is -0.991. The fourth-order valence-electron chi connectivity index (χ4n) is 2.13. The van der Waals surface area contributed by atoms with Gasteiger partial charge in [-0.15, -0.1) is 5.06 Å². The number of nitrogens with one attached hydrogen (secondary N) is 2. The van der Waals surface area contributed by atoms with Gasteiger partial charge in [-0.3, -0.25) is 14.8 Å². The number of hydroxylamine groups is 2. The maximum absolute atomic E-state index is 12.2. The van der Waals surface area contributed by atoms with E-state index in [0.717, 1.165) is 6.42 Å². The van der Waals surface area contributed by atoms with Gasteiger partial charge >= 0.3 is 6.03 Å². The van der Waals surface area contributed by atoms with Gasteiger partial charge in [-0.2, -0.15) is 0 Å². The maximum Gasteiger partial charge on any atom is 0.349 e. The Labute approximate surface area is 138 Å². The van der Waals surface area contributed by atoms with Crippen LogP contribution >= 0.6 is 0 Å². The third-order valence-corrected chi connectivity index (χ3v) is 3.36. The first-order valence-electron chi connectivity index (χ1n) is 8.01. The Kier molecular flexibility index (Phi) is 7.70. The second-order valence-corrected chi connectivity index (χ2v) is 7.40. The molecular formula is C16H31N3O4. The number of carbonyl (C=O) groups is 3. The van der Waals surface area contributed by atoms with Crippen LogP contribution in [0.1, 0.15) is 67.7 Å². The molecule has 3 N–H and O–H groups in total. The minimum absolute atomic E-state index is 0.0721. The summed E-state index contributed by atoms with van der Waals surface area (Å²) in [5.41, 5.74) is -1.29. The molecule has 0 spiro atoms. The lowest BCUT2D eigenvalue weighted by atomic mass is 9.87. The Hall–Kier alpha value is -1.63. The van der Waals surface area contributed by atoms with Crippen molar-refractivity contribution in [2.45, 2.75) is 79.3 Å². The minimum Gasteiger partial charge on any atom is -0.350 e. The number of hydrogen-bond acceptors (Lipinski definition) is 4. The molecule has 4 amide bonds. The lowest BCUT2D eigenvalue weighted by Gasteiger charge is -2.28. The molecule has 0 rings (SSSR count). The molecule has 0 aromatic heterocycles. The highest BCUT2D eigenvalue weighted by Crippen LogP contribution is 2.24. The second-order valence-electron chi connectivity index (χ2n) is 7.40. The molecule has 0 fully saturated rings. The van der Waals surface area contributed by atoms with Gasteiger partial charge in [0.2, 0.25) is 5.91 Å². The first-order chi connectivity index (χ1) is 10.4.